The Morgan fingerprint density at radius 1 is 1.16 bits per heavy atom. The molecule has 1 saturated heterocycles. The maximum atomic E-state index is 13.6. The van der Waals surface area contributed by atoms with E-state index in [1.807, 2.05) is 35.4 Å². The molecule has 3 aliphatic rings. The minimum Gasteiger partial charge on any atom is -0.378 e. The number of carbonyl (C=O) groups excluding carboxylic acids is 1. The van der Waals surface area contributed by atoms with Crippen molar-refractivity contribution >= 4 is 34.8 Å². The maximum absolute atomic E-state index is 13.6. The fourth-order valence-electron chi connectivity index (χ4n) is 4.35. The first-order chi connectivity index (χ1) is 15.1. The molecule has 0 N–H and O–H groups in total. The van der Waals surface area contributed by atoms with Gasteiger partial charge in [-0.25, -0.2) is 9.78 Å². The lowest BCUT2D eigenvalue weighted by molar-refractivity contribution is 0.122. The van der Waals surface area contributed by atoms with Gasteiger partial charge in [0.15, 0.2) is 5.84 Å². The van der Waals surface area contributed by atoms with Gasteiger partial charge >= 0.3 is 6.03 Å². The van der Waals surface area contributed by atoms with Crippen molar-refractivity contribution in [2.45, 2.75) is 32.4 Å². The van der Waals surface area contributed by atoms with Crippen molar-refractivity contribution < 1.29 is 9.53 Å². The molecule has 1 fully saturated rings. The monoisotopic (exact) mass is 439 g/mol. The van der Waals surface area contributed by atoms with Crippen LogP contribution in [0.25, 0.3) is 0 Å². The zero-order chi connectivity index (χ0) is 21.4. The molecule has 1 aromatic heterocycles. The van der Waals surface area contributed by atoms with Crippen LogP contribution in [0.5, 0.6) is 0 Å². The molecule has 0 spiro atoms. The van der Waals surface area contributed by atoms with E-state index in [0.717, 1.165) is 48.6 Å². The van der Waals surface area contributed by atoms with Gasteiger partial charge in [-0.05, 0) is 36.6 Å². The lowest BCUT2D eigenvalue weighted by Crippen LogP contribution is -2.54. The number of morpholine rings is 1. The van der Waals surface area contributed by atoms with Crippen LogP contribution in [-0.2, 0) is 11.3 Å². The third kappa shape index (κ3) is 3.88. The largest absolute Gasteiger partial charge is 0.378 e. The molecule has 0 saturated carbocycles. The zero-order valence-corrected chi connectivity index (χ0v) is 18.4. The van der Waals surface area contributed by atoms with Crippen LogP contribution in [0.3, 0.4) is 0 Å². The number of amidine groups is 1. The van der Waals surface area contributed by atoms with E-state index < -0.39 is 0 Å². The quantitative estimate of drug-likeness (QED) is 0.723. The summed E-state index contributed by atoms with van der Waals surface area (Å²) in [5, 5.41) is 0.682. The number of pyridine rings is 1. The van der Waals surface area contributed by atoms with E-state index in [4.69, 9.17) is 26.3 Å². The summed E-state index contributed by atoms with van der Waals surface area (Å²) in [6.45, 7) is 6.29. The summed E-state index contributed by atoms with van der Waals surface area (Å²) in [7, 11) is 0. The van der Waals surface area contributed by atoms with E-state index in [1.54, 1.807) is 4.90 Å². The van der Waals surface area contributed by atoms with Crippen LogP contribution in [0, 0.1) is 0 Å². The van der Waals surface area contributed by atoms with E-state index in [9.17, 15) is 4.79 Å². The predicted molar refractivity (Wildman–Crippen MR) is 122 cm³/mol. The number of hydrogen-bond acceptors (Lipinski definition) is 5. The standard InChI is InChI=1S/C23H26ClN5O2/c1-2-18-7-8-28-22(26-18)21-20(13-19(14-25-21)27-9-11-31-12-10-27)29(23(28)30)15-16-3-5-17(24)6-4-16/h3-6,13-14,18H,2,7-12,15H2,1H3. The van der Waals surface area contributed by atoms with Gasteiger partial charge in [-0.2, -0.15) is 0 Å². The Morgan fingerprint density at radius 2 is 1.94 bits per heavy atom. The summed E-state index contributed by atoms with van der Waals surface area (Å²) >= 11 is 6.06. The summed E-state index contributed by atoms with van der Waals surface area (Å²) < 4.78 is 5.49. The lowest BCUT2D eigenvalue weighted by atomic mass is 10.1. The molecule has 0 radical (unpaired) electrons. The van der Waals surface area contributed by atoms with Crippen molar-refractivity contribution in [1.29, 1.82) is 0 Å². The molecule has 3 aliphatic heterocycles. The lowest BCUT2D eigenvalue weighted by Gasteiger charge is -2.40. The van der Waals surface area contributed by atoms with Crippen molar-refractivity contribution in [3.8, 4) is 0 Å². The Labute approximate surface area is 187 Å². The molecule has 1 aromatic carbocycles. The van der Waals surface area contributed by atoms with Gasteiger partial charge in [-0.3, -0.25) is 14.8 Å². The number of halogens is 1. The Hall–Kier alpha value is -2.64. The number of anilines is 2. The van der Waals surface area contributed by atoms with Crippen LogP contribution in [0.4, 0.5) is 16.2 Å². The average molecular weight is 440 g/mol. The highest BCUT2D eigenvalue weighted by Crippen LogP contribution is 2.35. The van der Waals surface area contributed by atoms with Crippen LogP contribution in [0.15, 0.2) is 41.5 Å². The number of benzene rings is 1. The molecule has 7 nitrogen and oxygen atoms in total. The second-order valence-corrected chi connectivity index (χ2v) is 8.55. The zero-order valence-electron chi connectivity index (χ0n) is 17.6. The number of ether oxygens (including phenoxy) is 1. The maximum Gasteiger partial charge on any atom is 0.330 e. The summed E-state index contributed by atoms with van der Waals surface area (Å²) in [5.41, 5.74) is 3.62. The fraction of sp³-hybridized carbons (Fsp3) is 0.435. The average Bonchev–Trinajstić information content (AvgIpc) is 2.82. The van der Waals surface area contributed by atoms with Crippen molar-refractivity contribution in [3.05, 3.63) is 52.8 Å². The molecular formula is C23H26ClN5O2. The number of hydrogen-bond donors (Lipinski definition) is 0. The number of rotatable bonds is 4. The molecule has 2 amide bonds. The van der Waals surface area contributed by atoms with Crippen molar-refractivity contribution in [3.63, 3.8) is 0 Å². The van der Waals surface area contributed by atoms with E-state index in [2.05, 4.69) is 17.9 Å². The minimum atomic E-state index is -0.0447. The molecule has 1 unspecified atom stereocenters. The number of fused-ring (bicyclic) bond motifs is 3. The van der Waals surface area contributed by atoms with Gasteiger partial charge in [0.1, 0.15) is 5.69 Å². The Bertz CT molecular complexity index is 1000. The summed E-state index contributed by atoms with van der Waals surface area (Å²) in [6, 6.07) is 9.90. The van der Waals surface area contributed by atoms with Crippen LogP contribution in [-0.4, -0.2) is 60.6 Å². The van der Waals surface area contributed by atoms with E-state index in [1.165, 1.54) is 0 Å². The number of aliphatic imine (C=N–C) groups is 1. The predicted octanol–water partition coefficient (Wildman–Crippen LogP) is 3.94. The van der Waals surface area contributed by atoms with Gasteiger partial charge in [0.2, 0.25) is 0 Å². The van der Waals surface area contributed by atoms with Crippen molar-refractivity contribution in [1.82, 2.24) is 9.88 Å². The molecule has 31 heavy (non-hydrogen) atoms. The summed E-state index contributed by atoms with van der Waals surface area (Å²) in [4.78, 5) is 29.1. The topological polar surface area (TPSA) is 61.3 Å². The molecule has 162 valence electrons. The van der Waals surface area contributed by atoms with Gasteiger partial charge in [-0.15, -0.1) is 0 Å². The molecule has 0 bridgehead atoms. The third-order valence-corrected chi connectivity index (χ3v) is 6.42. The second-order valence-electron chi connectivity index (χ2n) is 8.11. The highest BCUT2D eigenvalue weighted by atomic mass is 35.5. The first-order valence-electron chi connectivity index (χ1n) is 10.9. The second kappa shape index (κ2) is 8.48. The summed E-state index contributed by atoms with van der Waals surface area (Å²) in [5.74, 6) is 0.707. The Morgan fingerprint density at radius 3 is 2.68 bits per heavy atom. The smallest absolute Gasteiger partial charge is 0.330 e. The van der Waals surface area contributed by atoms with Crippen LogP contribution in [0.1, 0.15) is 31.0 Å². The normalized spacial score (nSPS) is 21.0. The van der Waals surface area contributed by atoms with E-state index in [0.29, 0.717) is 37.2 Å². The molecule has 5 rings (SSSR count). The van der Waals surface area contributed by atoms with Gasteiger partial charge in [0.05, 0.1) is 43.4 Å². The van der Waals surface area contributed by atoms with E-state index in [-0.39, 0.29) is 12.1 Å². The van der Waals surface area contributed by atoms with Crippen LogP contribution in [0.2, 0.25) is 5.02 Å². The van der Waals surface area contributed by atoms with E-state index >= 15 is 0 Å². The molecule has 4 heterocycles. The van der Waals surface area contributed by atoms with Gasteiger partial charge in [0, 0.05) is 24.7 Å². The number of carbonyl (C=O) groups is 1. The van der Waals surface area contributed by atoms with Gasteiger partial charge in [0.25, 0.3) is 0 Å². The third-order valence-electron chi connectivity index (χ3n) is 6.17. The fourth-order valence-corrected chi connectivity index (χ4v) is 4.48. The van der Waals surface area contributed by atoms with Gasteiger partial charge < -0.3 is 9.64 Å². The molecule has 1 atom stereocenters. The molecule has 0 aliphatic carbocycles. The molecule has 2 aromatic rings. The van der Waals surface area contributed by atoms with Crippen LogP contribution >= 0.6 is 11.6 Å². The number of amides is 2. The number of urea groups is 1. The minimum absolute atomic E-state index is 0.0447. The SMILES string of the molecule is CCC1CCN2C(=O)N(Cc3ccc(Cl)cc3)c3cc(N4CCOCC4)cnc3C2=N1. The summed E-state index contributed by atoms with van der Waals surface area (Å²) in [6.07, 6.45) is 3.74. The highest BCUT2D eigenvalue weighted by molar-refractivity contribution is 6.30. The molecular weight excluding hydrogens is 414 g/mol. The first-order valence-corrected chi connectivity index (χ1v) is 11.3. The van der Waals surface area contributed by atoms with Crippen molar-refractivity contribution in [2.75, 3.05) is 42.6 Å². The van der Waals surface area contributed by atoms with Gasteiger partial charge in [-0.1, -0.05) is 30.7 Å². The Balaban J connectivity index is 1.57. The van der Waals surface area contributed by atoms with Crippen molar-refractivity contribution in [2.24, 2.45) is 4.99 Å². The number of aromatic nitrogens is 1. The first kappa shape index (κ1) is 20.3. The highest BCUT2D eigenvalue weighted by Gasteiger charge is 2.39. The number of nitrogens with zero attached hydrogens (tertiary/aromatic N) is 5. The Kier molecular flexibility index (Phi) is 5.54. The van der Waals surface area contributed by atoms with Crippen LogP contribution < -0.4 is 9.80 Å². The molecule has 8 heteroatoms.